The maximum absolute atomic E-state index is 10.0. The molecule has 2 atom stereocenters. The molecular weight excluding hydrogens is 200 g/mol. The van der Waals surface area contributed by atoms with E-state index in [0.29, 0.717) is 0 Å². The van der Waals surface area contributed by atoms with Gasteiger partial charge in [-0.05, 0) is 25.3 Å². The number of benzene rings is 1. The summed E-state index contributed by atoms with van der Waals surface area (Å²) in [7, 11) is 0. The molecule has 1 heterocycles. The van der Waals surface area contributed by atoms with Gasteiger partial charge in [0.1, 0.15) is 0 Å². The van der Waals surface area contributed by atoms with Gasteiger partial charge in [0.2, 0.25) is 0 Å². The van der Waals surface area contributed by atoms with Crippen LogP contribution in [-0.4, -0.2) is 17.3 Å². The van der Waals surface area contributed by atoms with Gasteiger partial charge in [0.25, 0.3) is 0 Å². The molecule has 1 aromatic carbocycles. The fraction of sp³-hybridized carbons (Fsp3) is 0.385. The molecule has 3 heteroatoms. The first-order valence-corrected chi connectivity index (χ1v) is 5.81. The normalized spacial score (nSPS) is 28.1. The highest BCUT2D eigenvalue weighted by Crippen LogP contribution is 2.37. The molecule has 0 radical (unpaired) electrons. The van der Waals surface area contributed by atoms with Crippen molar-refractivity contribution < 1.29 is 5.11 Å². The van der Waals surface area contributed by atoms with Crippen LogP contribution < -0.4 is 11.1 Å². The summed E-state index contributed by atoms with van der Waals surface area (Å²) in [6.07, 6.45) is 2.56. The Morgan fingerprint density at radius 3 is 2.94 bits per heavy atom. The second kappa shape index (κ2) is 3.52. The number of para-hydroxylation sites is 1. The van der Waals surface area contributed by atoms with Gasteiger partial charge in [-0.25, -0.2) is 0 Å². The summed E-state index contributed by atoms with van der Waals surface area (Å²) >= 11 is 0. The summed E-state index contributed by atoms with van der Waals surface area (Å²) in [4.78, 5) is 0. The van der Waals surface area contributed by atoms with Crippen LogP contribution in [0.5, 0.6) is 0 Å². The predicted octanol–water partition coefficient (Wildman–Crippen LogP) is 1.70. The van der Waals surface area contributed by atoms with E-state index >= 15 is 0 Å². The van der Waals surface area contributed by atoms with Crippen LogP contribution in [0.25, 0.3) is 5.70 Å². The van der Waals surface area contributed by atoms with Crippen molar-refractivity contribution in [3.05, 3.63) is 35.4 Å². The van der Waals surface area contributed by atoms with Crippen molar-refractivity contribution in [1.29, 1.82) is 0 Å². The van der Waals surface area contributed by atoms with Crippen LogP contribution in [0, 0.1) is 0 Å². The summed E-state index contributed by atoms with van der Waals surface area (Å²) in [6.45, 7) is 0. The largest absolute Gasteiger partial charge is 0.398 e. The molecule has 16 heavy (non-hydrogen) atoms. The summed E-state index contributed by atoms with van der Waals surface area (Å²) in [5.41, 5.74) is 10.0. The molecule has 3 rings (SSSR count). The third-order valence-electron chi connectivity index (χ3n) is 3.56. The summed E-state index contributed by atoms with van der Waals surface area (Å²) in [5.74, 6) is 0. The number of rotatable bonds is 0. The predicted molar refractivity (Wildman–Crippen MR) is 64.8 cm³/mol. The topological polar surface area (TPSA) is 58.3 Å². The Morgan fingerprint density at radius 1 is 1.25 bits per heavy atom. The molecule has 84 valence electrons. The minimum atomic E-state index is -0.375. The molecule has 4 N–H and O–H groups in total. The van der Waals surface area contributed by atoms with Crippen LogP contribution in [0.4, 0.5) is 5.69 Å². The van der Waals surface area contributed by atoms with Crippen LogP contribution in [0.2, 0.25) is 0 Å². The van der Waals surface area contributed by atoms with Crippen molar-refractivity contribution in [2.24, 2.45) is 5.73 Å². The monoisotopic (exact) mass is 216 g/mol. The van der Waals surface area contributed by atoms with E-state index in [2.05, 4.69) is 5.32 Å². The van der Waals surface area contributed by atoms with Gasteiger partial charge >= 0.3 is 0 Å². The third kappa shape index (κ3) is 1.32. The van der Waals surface area contributed by atoms with Gasteiger partial charge in [0.15, 0.2) is 0 Å². The molecule has 1 fully saturated rings. The lowest BCUT2D eigenvalue weighted by molar-refractivity contribution is 0.175. The molecule has 0 spiro atoms. The second-order valence-electron chi connectivity index (χ2n) is 4.56. The van der Waals surface area contributed by atoms with E-state index in [4.69, 9.17) is 5.73 Å². The maximum atomic E-state index is 10.0. The van der Waals surface area contributed by atoms with Crippen molar-refractivity contribution in [2.75, 3.05) is 5.32 Å². The molecule has 1 aliphatic carbocycles. The Bertz CT molecular complexity index is 453. The molecule has 1 aliphatic heterocycles. The quantitative estimate of drug-likeness (QED) is 0.618. The van der Waals surface area contributed by atoms with Crippen molar-refractivity contribution in [3.8, 4) is 0 Å². The standard InChI is InChI=1S/C13H16N2O/c14-13-8-4-1-2-5-9(8)15-10-6-3-7-11(16)12(10)13/h1-2,4-5,10-11,15-16H,3,6-7,14H2/t10?,11-/m0/s1. The first kappa shape index (κ1) is 9.73. The smallest absolute Gasteiger partial charge is 0.0793 e. The van der Waals surface area contributed by atoms with E-state index in [-0.39, 0.29) is 12.1 Å². The highest BCUT2D eigenvalue weighted by molar-refractivity contribution is 5.81. The average molecular weight is 216 g/mol. The molecule has 0 saturated heterocycles. The second-order valence-corrected chi connectivity index (χ2v) is 4.56. The molecule has 0 bridgehead atoms. The number of aliphatic hydroxyl groups excluding tert-OH is 1. The van der Waals surface area contributed by atoms with Crippen LogP contribution in [-0.2, 0) is 0 Å². The minimum Gasteiger partial charge on any atom is -0.398 e. The van der Waals surface area contributed by atoms with E-state index in [1.807, 2.05) is 24.3 Å². The number of nitrogens with one attached hydrogen (secondary N) is 1. The Balaban J connectivity index is 2.14. The van der Waals surface area contributed by atoms with Crippen molar-refractivity contribution in [3.63, 3.8) is 0 Å². The zero-order valence-corrected chi connectivity index (χ0v) is 9.11. The van der Waals surface area contributed by atoms with Crippen LogP contribution >= 0.6 is 0 Å². The van der Waals surface area contributed by atoms with E-state index in [1.54, 1.807) is 0 Å². The zero-order valence-electron chi connectivity index (χ0n) is 9.11. The number of anilines is 1. The number of nitrogens with two attached hydrogens (primary N) is 1. The Labute approximate surface area is 95.0 Å². The summed E-state index contributed by atoms with van der Waals surface area (Å²) in [6, 6.07) is 8.24. The molecule has 1 unspecified atom stereocenters. The van der Waals surface area contributed by atoms with E-state index in [9.17, 15) is 5.11 Å². The van der Waals surface area contributed by atoms with Gasteiger partial charge in [-0.15, -0.1) is 0 Å². The van der Waals surface area contributed by atoms with Crippen molar-refractivity contribution >= 4 is 11.4 Å². The van der Waals surface area contributed by atoms with Gasteiger partial charge in [-0.1, -0.05) is 18.2 Å². The van der Waals surface area contributed by atoms with Gasteiger partial charge in [-0.3, -0.25) is 0 Å². The van der Waals surface area contributed by atoms with Gasteiger partial charge < -0.3 is 16.2 Å². The lowest BCUT2D eigenvalue weighted by Gasteiger charge is -2.36. The zero-order chi connectivity index (χ0) is 11.1. The number of fused-ring (bicyclic) bond motifs is 2. The number of aliphatic hydroxyl groups is 1. The fourth-order valence-electron chi connectivity index (χ4n) is 2.76. The molecule has 1 saturated carbocycles. The Morgan fingerprint density at radius 2 is 2.06 bits per heavy atom. The average Bonchev–Trinajstić information content (AvgIpc) is 2.29. The lowest BCUT2D eigenvalue weighted by Crippen LogP contribution is -2.38. The number of hydrogen-bond acceptors (Lipinski definition) is 3. The molecule has 1 aromatic rings. The minimum absolute atomic E-state index is 0.221. The van der Waals surface area contributed by atoms with Crippen molar-refractivity contribution in [2.45, 2.75) is 31.4 Å². The highest BCUT2D eigenvalue weighted by Gasteiger charge is 2.32. The summed E-state index contributed by atoms with van der Waals surface area (Å²) in [5, 5.41) is 13.5. The molecule has 3 nitrogen and oxygen atoms in total. The number of hydrogen-bond donors (Lipinski definition) is 3. The summed E-state index contributed by atoms with van der Waals surface area (Å²) < 4.78 is 0. The van der Waals surface area contributed by atoms with Crippen molar-refractivity contribution in [1.82, 2.24) is 0 Å². The van der Waals surface area contributed by atoms with Crippen LogP contribution in [0.1, 0.15) is 24.8 Å². The lowest BCUT2D eigenvalue weighted by atomic mass is 9.82. The highest BCUT2D eigenvalue weighted by atomic mass is 16.3. The van der Waals surface area contributed by atoms with Gasteiger partial charge in [-0.2, -0.15) is 0 Å². The van der Waals surface area contributed by atoms with Gasteiger partial charge in [0, 0.05) is 22.5 Å². The molecule has 0 amide bonds. The Hall–Kier alpha value is -1.48. The fourth-order valence-corrected chi connectivity index (χ4v) is 2.76. The Kier molecular flexibility index (Phi) is 2.14. The first-order valence-electron chi connectivity index (χ1n) is 5.81. The van der Waals surface area contributed by atoms with Crippen LogP contribution in [0.3, 0.4) is 0 Å². The molecular formula is C13H16N2O. The SMILES string of the molecule is NC1=C2C(CCC[C@@H]2O)Nc2ccccc21. The van der Waals surface area contributed by atoms with Crippen LogP contribution in [0.15, 0.2) is 29.8 Å². The maximum Gasteiger partial charge on any atom is 0.0793 e. The van der Waals surface area contributed by atoms with Gasteiger partial charge in [0.05, 0.1) is 12.1 Å². The molecule has 2 aliphatic rings. The van der Waals surface area contributed by atoms with E-state index in [1.165, 1.54) is 0 Å². The van der Waals surface area contributed by atoms with E-state index < -0.39 is 0 Å². The molecule has 0 aromatic heterocycles. The first-order chi connectivity index (χ1) is 7.77. The van der Waals surface area contributed by atoms with E-state index in [0.717, 1.165) is 41.8 Å². The third-order valence-corrected chi connectivity index (χ3v) is 3.56.